The van der Waals surface area contributed by atoms with Gasteiger partial charge in [-0.3, -0.25) is 0 Å². The second-order valence-electron chi connectivity index (χ2n) is 2.63. The Bertz CT molecular complexity index is 119. The fourth-order valence-electron chi connectivity index (χ4n) is 0.963. The third-order valence-corrected chi connectivity index (χ3v) is 1.88. The van der Waals surface area contributed by atoms with Crippen LogP contribution in [0.25, 0.3) is 0 Å². The highest BCUT2D eigenvalue weighted by Crippen LogP contribution is 2.05. The highest BCUT2D eigenvalue weighted by atomic mass is 35.5. The van der Waals surface area contributed by atoms with Gasteiger partial charge < -0.3 is 0 Å². The Morgan fingerprint density at radius 3 is 2.27 bits per heavy atom. The molecule has 64 valence electrons. The van der Waals surface area contributed by atoms with Crippen LogP contribution in [0.1, 0.15) is 45.4 Å². The molecular weight excluding hydrogens is 156 g/mol. The third-order valence-electron chi connectivity index (χ3n) is 1.61. The molecular formula is C10H17Cl. The monoisotopic (exact) mass is 172 g/mol. The van der Waals surface area contributed by atoms with E-state index in [1.807, 2.05) is 6.92 Å². The molecule has 0 spiro atoms. The zero-order valence-corrected chi connectivity index (χ0v) is 8.08. The van der Waals surface area contributed by atoms with Crippen molar-refractivity contribution < 1.29 is 0 Å². The van der Waals surface area contributed by atoms with Gasteiger partial charge in [0.2, 0.25) is 0 Å². The molecule has 11 heavy (non-hydrogen) atoms. The van der Waals surface area contributed by atoms with Crippen LogP contribution < -0.4 is 0 Å². The zero-order valence-electron chi connectivity index (χ0n) is 7.33. The molecule has 0 N–H and O–H groups in total. The van der Waals surface area contributed by atoms with Crippen molar-refractivity contribution in [3.63, 3.8) is 0 Å². The summed E-state index contributed by atoms with van der Waals surface area (Å²) in [5, 5.41) is 0. The van der Waals surface area contributed by atoms with Crippen LogP contribution in [-0.4, -0.2) is 5.88 Å². The summed E-state index contributed by atoms with van der Waals surface area (Å²) in [6, 6.07) is 0. The molecule has 0 aromatic heterocycles. The molecule has 0 nitrogen and oxygen atoms in total. The fourth-order valence-corrected chi connectivity index (χ4v) is 1.15. The minimum absolute atomic E-state index is 0.814. The maximum atomic E-state index is 5.54. The molecule has 0 aromatic carbocycles. The summed E-state index contributed by atoms with van der Waals surface area (Å²) in [6.45, 7) is 1.90. The van der Waals surface area contributed by atoms with Crippen LogP contribution in [0.4, 0.5) is 0 Å². The maximum Gasteiger partial charge on any atom is 0.0223 e. The SMILES string of the molecule is CC#CCCCCCCCCl. The Balaban J connectivity index is 2.83. The van der Waals surface area contributed by atoms with Crippen LogP contribution in [0.3, 0.4) is 0 Å². The molecule has 0 atom stereocenters. The van der Waals surface area contributed by atoms with Crippen LogP contribution in [0, 0.1) is 11.8 Å². The molecule has 0 aliphatic heterocycles. The van der Waals surface area contributed by atoms with Crippen LogP contribution in [0.5, 0.6) is 0 Å². The molecule has 0 bridgehead atoms. The molecule has 0 radical (unpaired) electrons. The van der Waals surface area contributed by atoms with Crippen LogP contribution >= 0.6 is 11.6 Å². The van der Waals surface area contributed by atoms with Crippen molar-refractivity contribution in [1.29, 1.82) is 0 Å². The molecule has 0 saturated heterocycles. The zero-order chi connectivity index (χ0) is 8.36. The highest BCUT2D eigenvalue weighted by Gasteiger charge is 1.87. The highest BCUT2D eigenvalue weighted by molar-refractivity contribution is 6.17. The van der Waals surface area contributed by atoms with Crippen molar-refractivity contribution >= 4 is 11.6 Å². The summed E-state index contributed by atoms with van der Waals surface area (Å²) >= 11 is 5.54. The first-order chi connectivity index (χ1) is 5.41. The average Bonchev–Trinajstić information content (AvgIpc) is 2.03. The van der Waals surface area contributed by atoms with E-state index in [-0.39, 0.29) is 0 Å². The average molecular weight is 173 g/mol. The van der Waals surface area contributed by atoms with Crippen LogP contribution in [0.2, 0.25) is 0 Å². The van der Waals surface area contributed by atoms with E-state index in [1.54, 1.807) is 0 Å². The minimum atomic E-state index is 0.814. The van der Waals surface area contributed by atoms with Gasteiger partial charge in [-0.05, 0) is 19.8 Å². The number of hydrogen-bond donors (Lipinski definition) is 0. The van der Waals surface area contributed by atoms with Gasteiger partial charge in [0.05, 0.1) is 0 Å². The van der Waals surface area contributed by atoms with E-state index in [2.05, 4.69) is 11.8 Å². The maximum absolute atomic E-state index is 5.54. The lowest BCUT2D eigenvalue weighted by atomic mass is 10.1. The van der Waals surface area contributed by atoms with Crippen molar-refractivity contribution in [2.75, 3.05) is 5.88 Å². The first-order valence-electron chi connectivity index (χ1n) is 4.37. The molecule has 0 unspecified atom stereocenters. The van der Waals surface area contributed by atoms with E-state index in [0.29, 0.717) is 0 Å². The Hall–Kier alpha value is -0.150. The summed E-state index contributed by atoms with van der Waals surface area (Å²) in [5.41, 5.74) is 0. The molecule has 0 rings (SSSR count). The van der Waals surface area contributed by atoms with Gasteiger partial charge in [-0.1, -0.05) is 19.3 Å². The van der Waals surface area contributed by atoms with Gasteiger partial charge in [0.15, 0.2) is 0 Å². The predicted octanol–water partition coefficient (Wildman–Crippen LogP) is 3.59. The van der Waals surface area contributed by atoms with E-state index in [9.17, 15) is 0 Å². The summed E-state index contributed by atoms with van der Waals surface area (Å²) in [6.07, 6.45) is 7.40. The van der Waals surface area contributed by atoms with Gasteiger partial charge >= 0.3 is 0 Å². The summed E-state index contributed by atoms with van der Waals surface area (Å²) in [7, 11) is 0. The molecule has 1 heteroatoms. The molecule has 0 aliphatic carbocycles. The first kappa shape index (κ1) is 10.8. The number of unbranched alkanes of at least 4 members (excludes halogenated alkanes) is 5. The normalized spacial score (nSPS) is 8.91. The van der Waals surface area contributed by atoms with Gasteiger partial charge in [-0.25, -0.2) is 0 Å². The van der Waals surface area contributed by atoms with Crippen molar-refractivity contribution in [2.45, 2.75) is 45.4 Å². The van der Waals surface area contributed by atoms with E-state index >= 15 is 0 Å². The van der Waals surface area contributed by atoms with Gasteiger partial charge in [0.1, 0.15) is 0 Å². The van der Waals surface area contributed by atoms with E-state index in [0.717, 1.165) is 12.3 Å². The minimum Gasteiger partial charge on any atom is -0.127 e. The standard InChI is InChI=1S/C10H17Cl/c1-2-3-4-5-6-7-8-9-10-11/h4-10H2,1H3. The molecule has 0 heterocycles. The fraction of sp³-hybridized carbons (Fsp3) is 0.800. The Kier molecular flexibility index (Phi) is 9.72. The first-order valence-corrected chi connectivity index (χ1v) is 4.91. The second-order valence-corrected chi connectivity index (χ2v) is 3.01. The predicted molar refractivity (Wildman–Crippen MR) is 51.9 cm³/mol. The third kappa shape index (κ3) is 9.85. The lowest BCUT2D eigenvalue weighted by Crippen LogP contribution is -1.79. The number of hydrogen-bond acceptors (Lipinski definition) is 0. The molecule has 0 amide bonds. The number of halogens is 1. The van der Waals surface area contributed by atoms with Gasteiger partial charge in [-0.2, -0.15) is 0 Å². The Morgan fingerprint density at radius 1 is 1.00 bits per heavy atom. The number of alkyl halides is 1. The van der Waals surface area contributed by atoms with Crippen molar-refractivity contribution in [1.82, 2.24) is 0 Å². The molecule has 0 saturated carbocycles. The van der Waals surface area contributed by atoms with Crippen LogP contribution in [0.15, 0.2) is 0 Å². The van der Waals surface area contributed by atoms with Gasteiger partial charge in [0.25, 0.3) is 0 Å². The number of rotatable bonds is 6. The largest absolute Gasteiger partial charge is 0.127 e. The summed E-state index contributed by atoms with van der Waals surface area (Å²) in [5.74, 6) is 6.78. The summed E-state index contributed by atoms with van der Waals surface area (Å²) < 4.78 is 0. The lowest BCUT2D eigenvalue weighted by Gasteiger charge is -1.95. The Morgan fingerprint density at radius 2 is 1.64 bits per heavy atom. The second kappa shape index (κ2) is 9.85. The van der Waals surface area contributed by atoms with Crippen molar-refractivity contribution in [2.24, 2.45) is 0 Å². The van der Waals surface area contributed by atoms with Crippen LogP contribution in [-0.2, 0) is 0 Å². The van der Waals surface area contributed by atoms with Gasteiger partial charge in [-0.15, -0.1) is 23.4 Å². The van der Waals surface area contributed by atoms with Crippen molar-refractivity contribution in [3.05, 3.63) is 0 Å². The lowest BCUT2D eigenvalue weighted by molar-refractivity contribution is 0.643. The quantitative estimate of drug-likeness (QED) is 0.326. The van der Waals surface area contributed by atoms with E-state index < -0.39 is 0 Å². The summed E-state index contributed by atoms with van der Waals surface area (Å²) in [4.78, 5) is 0. The van der Waals surface area contributed by atoms with E-state index in [1.165, 1.54) is 32.1 Å². The van der Waals surface area contributed by atoms with E-state index in [4.69, 9.17) is 11.6 Å². The smallest absolute Gasteiger partial charge is 0.0223 e. The molecule has 0 fully saturated rings. The molecule has 0 aliphatic rings. The topological polar surface area (TPSA) is 0 Å². The van der Waals surface area contributed by atoms with Gasteiger partial charge in [0, 0.05) is 12.3 Å². The molecule has 0 aromatic rings. The Labute approximate surface area is 75.3 Å². The van der Waals surface area contributed by atoms with Crippen molar-refractivity contribution in [3.8, 4) is 11.8 Å².